The molecule has 102 valence electrons. The number of para-hydroxylation sites is 1. The third-order valence-corrected chi connectivity index (χ3v) is 3.45. The number of aryl methyl sites for hydroxylation is 1. The molecule has 0 fully saturated rings. The molecular formula is C15H14ClN3O. The van der Waals surface area contributed by atoms with Gasteiger partial charge >= 0.3 is 0 Å². The lowest BCUT2D eigenvalue weighted by molar-refractivity contribution is 0.478. The fraction of sp³-hybridized carbons (Fsp3) is 0.200. The van der Waals surface area contributed by atoms with Crippen LogP contribution < -0.4 is 5.32 Å². The van der Waals surface area contributed by atoms with E-state index < -0.39 is 0 Å². The topological polar surface area (TPSA) is 51.0 Å². The molecule has 0 aliphatic heterocycles. The second kappa shape index (κ2) is 5.23. The Kier molecular flexibility index (Phi) is 3.42. The van der Waals surface area contributed by atoms with E-state index in [9.17, 15) is 0 Å². The van der Waals surface area contributed by atoms with E-state index in [0.29, 0.717) is 16.4 Å². The fourth-order valence-electron chi connectivity index (χ4n) is 2.14. The Morgan fingerprint density at radius 3 is 2.65 bits per heavy atom. The number of benzene rings is 1. The van der Waals surface area contributed by atoms with E-state index in [-0.39, 0.29) is 6.04 Å². The summed E-state index contributed by atoms with van der Waals surface area (Å²) in [5.74, 6) is 1.42. The molecule has 1 unspecified atom stereocenters. The summed E-state index contributed by atoms with van der Waals surface area (Å²) in [5, 5.41) is 4.75. The fourth-order valence-corrected chi connectivity index (χ4v) is 2.36. The van der Waals surface area contributed by atoms with Gasteiger partial charge in [-0.25, -0.2) is 9.97 Å². The lowest BCUT2D eigenvalue weighted by atomic mass is 10.2. The van der Waals surface area contributed by atoms with Crippen molar-refractivity contribution < 1.29 is 4.42 Å². The second-order valence-corrected chi connectivity index (χ2v) is 5.05. The molecule has 0 spiro atoms. The minimum absolute atomic E-state index is 0.195. The number of nitrogens with zero attached hydrogens (tertiary/aromatic N) is 2. The number of hydrogen-bond donors (Lipinski definition) is 1. The molecule has 1 atom stereocenters. The minimum Gasteiger partial charge on any atom is -0.457 e. The Labute approximate surface area is 121 Å². The molecule has 0 amide bonds. The molecule has 0 aliphatic carbocycles. The standard InChI is InChI=1S/C15H14ClN3O/c1-9-7-18-15(19-8-9)13(17-2)12-6-10-4-3-5-11(16)14(10)20-12/h3-8,13,17H,1-2H3. The molecule has 2 aromatic heterocycles. The second-order valence-electron chi connectivity index (χ2n) is 4.65. The highest BCUT2D eigenvalue weighted by atomic mass is 35.5. The summed E-state index contributed by atoms with van der Waals surface area (Å²) in [6.07, 6.45) is 3.59. The average molecular weight is 288 g/mol. The maximum atomic E-state index is 6.14. The summed E-state index contributed by atoms with van der Waals surface area (Å²) >= 11 is 6.14. The molecule has 1 N–H and O–H groups in total. The van der Waals surface area contributed by atoms with E-state index in [1.54, 1.807) is 12.4 Å². The van der Waals surface area contributed by atoms with Crippen molar-refractivity contribution in [2.45, 2.75) is 13.0 Å². The number of nitrogens with one attached hydrogen (secondary N) is 1. The van der Waals surface area contributed by atoms with Gasteiger partial charge in [-0.15, -0.1) is 0 Å². The zero-order valence-corrected chi connectivity index (χ0v) is 12.0. The van der Waals surface area contributed by atoms with Gasteiger partial charge in [-0.1, -0.05) is 23.7 Å². The van der Waals surface area contributed by atoms with Crippen LogP contribution in [0.4, 0.5) is 0 Å². The van der Waals surface area contributed by atoms with Gasteiger partial charge < -0.3 is 9.73 Å². The third-order valence-electron chi connectivity index (χ3n) is 3.15. The van der Waals surface area contributed by atoms with E-state index in [0.717, 1.165) is 16.7 Å². The Hall–Kier alpha value is -1.91. The van der Waals surface area contributed by atoms with E-state index in [1.807, 2.05) is 38.2 Å². The molecular weight excluding hydrogens is 274 g/mol. The SMILES string of the molecule is CNC(c1ncc(C)cn1)c1cc2cccc(Cl)c2o1. The lowest BCUT2D eigenvalue weighted by Crippen LogP contribution is -2.19. The first-order valence-corrected chi connectivity index (χ1v) is 6.70. The molecule has 2 heterocycles. The van der Waals surface area contributed by atoms with Gasteiger partial charge in [-0.05, 0) is 31.7 Å². The van der Waals surface area contributed by atoms with Crippen LogP contribution in [-0.2, 0) is 0 Å². The number of aromatic nitrogens is 2. The van der Waals surface area contributed by atoms with Gasteiger partial charge in [-0.2, -0.15) is 0 Å². The van der Waals surface area contributed by atoms with Crippen molar-refractivity contribution in [2.24, 2.45) is 0 Å². The van der Waals surface area contributed by atoms with Crippen molar-refractivity contribution >= 4 is 22.6 Å². The summed E-state index contributed by atoms with van der Waals surface area (Å²) in [4.78, 5) is 8.70. The molecule has 3 rings (SSSR count). The van der Waals surface area contributed by atoms with Gasteiger partial charge in [0.2, 0.25) is 0 Å². The van der Waals surface area contributed by atoms with Crippen LogP contribution in [0.25, 0.3) is 11.0 Å². The van der Waals surface area contributed by atoms with Crippen molar-refractivity contribution in [3.05, 3.63) is 58.8 Å². The molecule has 3 aromatic rings. The van der Waals surface area contributed by atoms with Crippen molar-refractivity contribution in [3.63, 3.8) is 0 Å². The molecule has 0 saturated carbocycles. The number of hydrogen-bond acceptors (Lipinski definition) is 4. The highest BCUT2D eigenvalue weighted by Gasteiger charge is 2.20. The summed E-state index contributed by atoms with van der Waals surface area (Å²) < 4.78 is 5.86. The summed E-state index contributed by atoms with van der Waals surface area (Å²) in [7, 11) is 1.85. The largest absolute Gasteiger partial charge is 0.457 e. The van der Waals surface area contributed by atoms with E-state index in [1.165, 1.54) is 0 Å². The van der Waals surface area contributed by atoms with Crippen LogP contribution in [0, 0.1) is 6.92 Å². The Balaban J connectivity index is 2.07. The van der Waals surface area contributed by atoms with Crippen molar-refractivity contribution in [2.75, 3.05) is 7.05 Å². The van der Waals surface area contributed by atoms with Crippen LogP contribution in [0.3, 0.4) is 0 Å². The molecule has 0 bridgehead atoms. The van der Waals surface area contributed by atoms with Crippen LogP contribution in [0.1, 0.15) is 23.2 Å². The summed E-state index contributed by atoms with van der Waals surface area (Å²) in [6, 6.07) is 7.45. The normalized spacial score (nSPS) is 12.8. The van der Waals surface area contributed by atoms with Gasteiger partial charge in [-0.3, -0.25) is 0 Å². The van der Waals surface area contributed by atoms with Crippen LogP contribution in [0.15, 0.2) is 41.1 Å². The Bertz CT molecular complexity index is 736. The van der Waals surface area contributed by atoms with E-state index in [4.69, 9.17) is 16.0 Å². The van der Waals surface area contributed by atoms with Crippen LogP contribution in [0.5, 0.6) is 0 Å². The van der Waals surface area contributed by atoms with Crippen LogP contribution >= 0.6 is 11.6 Å². The Morgan fingerprint density at radius 1 is 1.25 bits per heavy atom. The summed E-state index contributed by atoms with van der Waals surface area (Å²) in [5.41, 5.74) is 1.72. The predicted molar refractivity (Wildman–Crippen MR) is 78.9 cm³/mol. The molecule has 0 saturated heterocycles. The van der Waals surface area contributed by atoms with Gasteiger partial charge in [0.1, 0.15) is 11.8 Å². The predicted octanol–water partition coefficient (Wildman–Crippen LogP) is 3.49. The first-order valence-electron chi connectivity index (χ1n) is 6.33. The first-order chi connectivity index (χ1) is 9.69. The zero-order valence-electron chi connectivity index (χ0n) is 11.2. The number of halogens is 1. The van der Waals surface area contributed by atoms with Gasteiger partial charge in [0, 0.05) is 17.8 Å². The highest BCUT2D eigenvalue weighted by Crippen LogP contribution is 2.30. The van der Waals surface area contributed by atoms with Crippen molar-refractivity contribution in [3.8, 4) is 0 Å². The maximum Gasteiger partial charge on any atom is 0.152 e. The number of rotatable bonds is 3. The number of furan rings is 1. The quantitative estimate of drug-likeness (QED) is 0.801. The maximum absolute atomic E-state index is 6.14. The van der Waals surface area contributed by atoms with E-state index in [2.05, 4.69) is 15.3 Å². The molecule has 20 heavy (non-hydrogen) atoms. The molecule has 1 aromatic carbocycles. The Morgan fingerprint density at radius 2 is 2.00 bits per heavy atom. The molecule has 5 heteroatoms. The molecule has 4 nitrogen and oxygen atoms in total. The minimum atomic E-state index is -0.195. The van der Waals surface area contributed by atoms with Crippen LogP contribution in [0.2, 0.25) is 5.02 Å². The van der Waals surface area contributed by atoms with Crippen molar-refractivity contribution in [1.82, 2.24) is 15.3 Å². The number of fused-ring (bicyclic) bond motifs is 1. The first kappa shape index (κ1) is 13.1. The average Bonchev–Trinajstić information content (AvgIpc) is 2.87. The lowest BCUT2D eigenvalue weighted by Gasteiger charge is -2.11. The molecule has 0 aliphatic rings. The van der Waals surface area contributed by atoms with Gasteiger partial charge in [0.05, 0.1) is 5.02 Å². The molecule has 0 radical (unpaired) electrons. The van der Waals surface area contributed by atoms with Gasteiger partial charge in [0.25, 0.3) is 0 Å². The third kappa shape index (κ3) is 2.28. The van der Waals surface area contributed by atoms with Crippen LogP contribution in [-0.4, -0.2) is 17.0 Å². The monoisotopic (exact) mass is 287 g/mol. The van der Waals surface area contributed by atoms with E-state index >= 15 is 0 Å². The van der Waals surface area contributed by atoms with Gasteiger partial charge in [0.15, 0.2) is 11.4 Å². The summed E-state index contributed by atoms with van der Waals surface area (Å²) in [6.45, 7) is 1.96. The smallest absolute Gasteiger partial charge is 0.152 e. The highest BCUT2D eigenvalue weighted by molar-refractivity contribution is 6.34. The zero-order chi connectivity index (χ0) is 14.1. The van der Waals surface area contributed by atoms with Crippen molar-refractivity contribution in [1.29, 1.82) is 0 Å².